The maximum Gasteiger partial charge on any atom is 0.317 e. The molecule has 1 unspecified atom stereocenters. The Labute approximate surface area is 125 Å². The lowest BCUT2D eigenvalue weighted by atomic mass is 9.90. The van der Waals surface area contributed by atoms with Crippen LogP contribution in [0.4, 0.5) is 5.13 Å². The molecule has 0 aliphatic carbocycles. The van der Waals surface area contributed by atoms with Crippen molar-refractivity contribution in [2.45, 2.75) is 65.3 Å². The number of rotatable bonds is 8. The van der Waals surface area contributed by atoms with E-state index in [-0.39, 0.29) is 5.97 Å². The maximum atomic E-state index is 12.0. The second-order valence-electron chi connectivity index (χ2n) is 5.42. The Morgan fingerprint density at radius 2 is 2.15 bits per heavy atom. The van der Waals surface area contributed by atoms with Gasteiger partial charge in [-0.05, 0) is 33.6 Å². The predicted molar refractivity (Wildman–Crippen MR) is 84.4 cm³/mol. The predicted octanol–water partition coefficient (Wildman–Crippen LogP) is 3.97. The number of esters is 1. The Balaban J connectivity index is 2.78. The van der Waals surface area contributed by atoms with Gasteiger partial charge in [0.25, 0.3) is 0 Å². The number of nitrogens with zero attached hydrogens (tertiary/aromatic N) is 1. The fraction of sp³-hybridized carbons (Fsp3) is 0.733. The minimum absolute atomic E-state index is 0.225. The molecule has 0 saturated carbocycles. The van der Waals surface area contributed by atoms with E-state index in [1.807, 2.05) is 26.2 Å². The smallest absolute Gasteiger partial charge is 0.317 e. The summed E-state index contributed by atoms with van der Waals surface area (Å²) in [7, 11) is 0. The number of carbonyl (C=O) groups excluding carboxylic acids is 1. The highest BCUT2D eigenvalue weighted by atomic mass is 32.1. The highest BCUT2D eigenvalue weighted by Crippen LogP contribution is 2.29. The van der Waals surface area contributed by atoms with Crippen LogP contribution >= 0.6 is 11.3 Å². The van der Waals surface area contributed by atoms with Crippen molar-refractivity contribution in [3.63, 3.8) is 0 Å². The lowest BCUT2D eigenvalue weighted by Gasteiger charge is -2.20. The van der Waals surface area contributed by atoms with Gasteiger partial charge in [-0.1, -0.05) is 20.3 Å². The van der Waals surface area contributed by atoms with E-state index in [9.17, 15) is 4.79 Å². The number of thiazole rings is 1. The molecule has 0 spiro atoms. The molecule has 0 bridgehead atoms. The second-order valence-corrected chi connectivity index (χ2v) is 6.28. The molecule has 1 aromatic heterocycles. The Hall–Kier alpha value is -1.10. The van der Waals surface area contributed by atoms with Crippen LogP contribution < -0.4 is 5.32 Å². The minimum Gasteiger partial charge on any atom is -0.465 e. The van der Waals surface area contributed by atoms with Crippen LogP contribution in [0.25, 0.3) is 0 Å². The molecule has 1 aromatic rings. The molecule has 20 heavy (non-hydrogen) atoms. The Bertz CT molecular complexity index is 429. The second kappa shape index (κ2) is 7.62. The number of hydrogen-bond acceptors (Lipinski definition) is 5. The quantitative estimate of drug-likeness (QED) is 0.738. The molecule has 0 aromatic carbocycles. The molecule has 1 N–H and O–H groups in total. The summed E-state index contributed by atoms with van der Waals surface area (Å²) in [5.74, 6) is -0.225. The van der Waals surface area contributed by atoms with Crippen molar-refractivity contribution in [1.29, 1.82) is 0 Å². The van der Waals surface area contributed by atoms with Crippen LogP contribution in [0.2, 0.25) is 0 Å². The zero-order valence-corrected chi connectivity index (χ0v) is 14.0. The van der Waals surface area contributed by atoms with Crippen LogP contribution in [0, 0.1) is 0 Å². The summed E-state index contributed by atoms with van der Waals surface area (Å²) in [5, 5.41) is 6.28. The van der Waals surface area contributed by atoms with E-state index in [0.29, 0.717) is 12.6 Å². The third kappa shape index (κ3) is 4.20. The molecule has 0 amide bonds. The van der Waals surface area contributed by atoms with Crippen LogP contribution in [0.3, 0.4) is 0 Å². The van der Waals surface area contributed by atoms with E-state index in [2.05, 4.69) is 24.1 Å². The van der Waals surface area contributed by atoms with Crippen molar-refractivity contribution in [2.75, 3.05) is 11.9 Å². The highest BCUT2D eigenvalue weighted by Gasteiger charge is 2.34. The van der Waals surface area contributed by atoms with Gasteiger partial charge in [-0.2, -0.15) is 0 Å². The molecule has 5 heteroatoms. The normalized spacial score (nSPS) is 13.1. The van der Waals surface area contributed by atoms with E-state index >= 15 is 0 Å². The first-order valence-corrected chi connectivity index (χ1v) is 8.23. The van der Waals surface area contributed by atoms with E-state index < -0.39 is 5.41 Å². The number of aromatic nitrogens is 1. The molecular weight excluding hydrogens is 272 g/mol. The molecule has 0 fully saturated rings. The Morgan fingerprint density at radius 3 is 2.70 bits per heavy atom. The fourth-order valence-corrected chi connectivity index (χ4v) is 2.90. The van der Waals surface area contributed by atoms with Gasteiger partial charge in [-0.25, -0.2) is 4.98 Å². The zero-order valence-electron chi connectivity index (χ0n) is 13.2. The summed E-state index contributed by atoms with van der Waals surface area (Å²) in [5.41, 5.74) is 0.0774. The zero-order chi connectivity index (χ0) is 15.2. The molecule has 0 aliphatic heterocycles. The number of hydrogen-bond donors (Lipinski definition) is 1. The number of nitrogens with one attached hydrogen (secondary N) is 1. The number of anilines is 1. The molecule has 114 valence electrons. The van der Waals surface area contributed by atoms with Crippen molar-refractivity contribution in [3.8, 4) is 0 Å². The Morgan fingerprint density at radius 1 is 1.45 bits per heavy atom. The van der Waals surface area contributed by atoms with Crippen LogP contribution in [0.1, 0.15) is 59.6 Å². The monoisotopic (exact) mass is 298 g/mol. The molecule has 0 saturated heterocycles. The maximum absolute atomic E-state index is 12.0. The first-order valence-electron chi connectivity index (χ1n) is 7.35. The van der Waals surface area contributed by atoms with Gasteiger partial charge in [0.15, 0.2) is 5.13 Å². The minimum atomic E-state index is -0.696. The third-order valence-electron chi connectivity index (χ3n) is 3.39. The molecule has 1 atom stereocenters. The molecule has 0 radical (unpaired) electrons. The molecule has 1 rings (SSSR count). The summed E-state index contributed by atoms with van der Waals surface area (Å²) in [6.07, 6.45) is 3.36. The van der Waals surface area contributed by atoms with Crippen LogP contribution in [-0.4, -0.2) is 23.6 Å². The molecular formula is C15H26N2O2S. The standard InChI is InChI=1S/C15H26N2O2S/c1-6-9-11(7-2)16-14-17-12(10-20-14)15(4,5)13(18)19-8-3/h10-11H,6-9H2,1-5H3,(H,16,17). The summed E-state index contributed by atoms with van der Waals surface area (Å²) in [6, 6.07) is 0.449. The summed E-state index contributed by atoms with van der Waals surface area (Å²) < 4.78 is 5.12. The highest BCUT2D eigenvalue weighted by molar-refractivity contribution is 7.13. The van der Waals surface area contributed by atoms with Gasteiger partial charge in [0, 0.05) is 11.4 Å². The number of carbonyl (C=O) groups is 1. The summed E-state index contributed by atoms with van der Waals surface area (Å²) in [6.45, 7) is 10.3. The van der Waals surface area contributed by atoms with Crippen molar-refractivity contribution < 1.29 is 9.53 Å². The van der Waals surface area contributed by atoms with Crippen molar-refractivity contribution in [3.05, 3.63) is 11.1 Å². The van der Waals surface area contributed by atoms with Crippen LogP contribution in [0.15, 0.2) is 5.38 Å². The van der Waals surface area contributed by atoms with Gasteiger partial charge >= 0.3 is 5.97 Å². The van der Waals surface area contributed by atoms with E-state index in [0.717, 1.165) is 30.1 Å². The average molecular weight is 298 g/mol. The van der Waals surface area contributed by atoms with E-state index in [4.69, 9.17) is 4.74 Å². The molecule has 4 nitrogen and oxygen atoms in total. The van der Waals surface area contributed by atoms with Gasteiger partial charge in [-0.15, -0.1) is 11.3 Å². The molecule has 1 heterocycles. The van der Waals surface area contributed by atoms with Gasteiger partial charge < -0.3 is 10.1 Å². The van der Waals surface area contributed by atoms with Crippen LogP contribution in [0.5, 0.6) is 0 Å². The van der Waals surface area contributed by atoms with Crippen molar-refractivity contribution in [1.82, 2.24) is 4.98 Å². The summed E-state index contributed by atoms with van der Waals surface area (Å²) in [4.78, 5) is 16.5. The van der Waals surface area contributed by atoms with E-state index in [1.165, 1.54) is 0 Å². The van der Waals surface area contributed by atoms with Gasteiger partial charge in [-0.3, -0.25) is 4.79 Å². The average Bonchev–Trinajstić information content (AvgIpc) is 2.87. The van der Waals surface area contributed by atoms with Gasteiger partial charge in [0.1, 0.15) is 5.41 Å². The Kier molecular flexibility index (Phi) is 6.46. The largest absolute Gasteiger partial charge is 0.465 e. The number of ether oxygens (including phenoxy) is 1. The fourth-order valence-electron chi connectivity index (χ4n) is 1.94. The topological polar surface area (TPSA) is 51.2 Å². The van der Waals surface area contributed by atoms with Crippen molar-refractivity contribution >= 4 is 22.4 Å². The lowest BCUT2D eigenvalue weighted by Crippen LogP contribution is -2.31. The molecule has 0 aliphatic rings. The SMILES string of the molecule is CCCC(CC)Nc1nc(C(C)(C)C(=O)OCC)cs1. The third-order valence-corrected chi connectivity index (χ3v) is 4.16. The van der Waals surface area contributed by atoms with Crippen LogP contribution in [-0.2, 0) is 14.9 Å². The first kappa shape index (κ1) is 17.0. The van der Waals surface area contributed by atoms with Crippen molar-refractivity contribution in [2.24, 2.45) is 0 Å². The van der Waals surface area contributed by atoms with Gasteiger partial charge in [0.2, 0.25) is 0 Å². The van der Waals surface area contributed by atoms with E-state index in [1.54, 1.807) is 11.3 Å². The lowest BCUT2D eigenvalue weighted by molar-refractivity contribution is -0.148. The summed E-state index contributed by atoms with van der Waals surface area (Å²) >= 11 is 1.55. The van der Waals surface area contributed by atoms with Gasteiger partial charge in [0.05, 0.1) is 12.3 Å². The first-order chi connectivity index (χ1) is 9.45.